The van der Waals surface area contributed by atoms with Gasteiger partial charge in [0.05, 0.1) is 0 Å². The quantitative estimate of drug-likeness (QED) is 0.662. The molecule has 1 aromatic heterocycles. The van der Waals surface area contributed by atoms with Crippen LogP contribution in [-0.4, -0.2) is 10.7 Å². The van der Waals surface area contributed by atoms with Crippen LogP contribution in [0.5, 0.6) is 0 Å². The summed E-state index contributed by atoms with van der Waals surface area (Å²) in [5.41, 5.74) is 9.19. The van der Waals surface area contributed by atoms with Crippen LogP contribution in [0.25, 0.3) is 0 Å². The number of aryl methyl sites for hydroxylation is 2. The lowest BCUT2D eigenvalue weighted by molar-refractivity contribution is 1.11. The summed E-state index contributed by atoms with van der Waals surface area (Å²) in [5, 5.41) is 0. The van der Waals surface area contributed by atoms with Gasteiger partial charge in [0.25, 0.3) is 0 Å². The van der Waals surface area contributed by atoms with Crippen LogP contribution in [0, 0.1) is 6.92 Å². The highest BCUT2D eigenvalue weighted by molar-refractivity contribution is 7.99. The van der Waals surface area contributed by atoms with E-state index in [-0.39, 0.29) is 0 Å². The van der Waals surface area contributed by atoms with E-state index in [0.29, 0.717) is 0 Å². The molecule has 2 N–H and O–H groups in total. The van der Waals surface area contributed by atoms with Gasteiger partial charge in [-0.1, -0.05) is 12.1 Å². The molecule has 3 heteroatoms. The molecule has 2 aromatic rings. The molecular weight excluding hydrogens is 228 g/mol. The zero-order valence-electron chi connectivity index (χ0n) is 9.89. The number of hydrogen-bond acceptors (Lipinski definition) is 3. The molecule has 2 rings (SSSR count). The van der Waals surface area contributed by atoms with Crippen LogP contribution in [-0.2, 0) is 6.42 Å². The maximum absolute atomic E-state index is 5.79. The van der Waals surface area contributed by atoms with Crippen molar-refractivity contribution >= 4 is 17.4 Å². The van der Waals surface area contributed by atoms with Crippen LogP contribution in [0.3, 0.4) is 0 Å². The van der Waals surface area contributed by atoms with Gasteiger partial charge in [0.15, 0.2) is 0 Å². The second kappa shape index (κ2) is 5.73. The van der Waals surface area contributed by atoms with E-state index in [1.165, 1.54) is 16.0 Å². The molecule has 0 aliphatic heterocycles. The first-order chi connectivity index (χ1) is 8.25. The number of anilines is 1. The van der Waals surface area contributed by atoms with E-state index in [0.717, 1.165) is 17.9 Å². The number of nitrogens with two attached hydrogens (primary N) is 1. The fourth-order valence-electron chi connectivity index (χ4n) is 1.60. The zero-order valence-corrected chi connectivity index (χ0v) is 10.7. The van der Waals surface area contributed by atoms with Crippen molar-refractivity contribution in [3.8, 4) is 0 Å². The van der Waals surface area contributed by atoms with Gasteiger partial charge in [0.2, 0.25) is 0 Å². The van der Waals surface area contributed by atoms with E-state index in [9.17, 15) is 0 Å². The molecule has 2 nitrogen and oxygen atoms in total. The molecule has 0 amide bonds. The highest BCUT2D eigenvalue weighted by Crippen LogP contribution is 2.25. The number of benzene rings is 1. The molecule has 0 bridgehead atoms. The number of pyridine rings is 1. The van der Waals surface area contributed by atoms with Crippen molar-refractivity contribution in [3.05, 3.63) is 53.9 Å². The van der Waals surface area contributed by atoms with E-state index in [1.54, 1.807) is 6.20 Å². The molecule has 0 aliphatic rings. The lowest BCUT2D eigenvalue weighted by Gasteiger charge is -2.06. The lowest BCUT2D eigenvalue weighted by atomic mass is 10.2. The standard InChI is InChI=1S/C14H16N2S/c1-11-4-5-13(15)9-14(11)17-8-6-12-3-2-7-16-10-12/h2-5,7,9-10H,6,8,15H2,1H3. The molecule has 0 fully saturated rings. The van der Waals surface area contributed by atoms with Crippen LogP contribution < -0.4 is 5.73 Å². The van der Waals surface area contributed by atoms with Crippen molar-refractivity contribution in [2.45, 2.75) is 18.2 Å². The van der Waals surface area contributed by atoms with Gasteiger partial charge in [0, 0.05) is 28.7 Å². The molecule has 0 spiro atoms. The smallest absolute Gasteiger partial charge is 0.0325 e. The number of hydrogen-bond donors (Lipinski definition) is 1. The lowest BCUT2D eigenvalue weighted by Crippen LogP contribution is -1.91. The van der Waals surface area contributed by atoms with Crippen LogP contribution >= 0.6 is 11.8 Å². The summed E-state index contributed by atoms with van der Waals surface area (Å²) in [4.78, 5) is 5.38. The van der Waals surface area contributed by atoms with Gasteiger partial charge in [-0.05, 0) is 42.7 Å². The molecule has 0 radical (unpaired) electrons. The second-order valence-electron chi connectivity index (χ2n) is 3.98. The van der Waals surface area contributed by atoms with Crippen LogP contribution in [0.2, 0.25) is 0 Å². The average molecular weight is 244 g/mol. The Bertz CT molecular complexity index is 483. The summed E-state index contributed by atoms with van der Waals surface area (Å²) >= 11 is 1.85. The Hall–Kier alpha value is -1.48. The van der Waals surface area contributed by atoms with Gasteiger partial charge >= 0.3 is 0 Å². The summed E-state index contributed by atoms with van der Waals surface area (Å²) in [5.74, 6) is 1.05. The number of rotatable bonds is 4. The van der Waals surface area contributed by atoms with Crippen molar-refractivity contribution in [2.75, 3.05) is 11.5 Å². The Kier molecular flexibility index (Phi) is 4.04. The number of thioether (sulfide) groups is 1. The Morgan fingerprint density at radius 1 is 1.29 bits per heavy atom. The molecule has 0 unspecified atom stereocenters. The van der Waals surface area contributed by atoms with Crippen LogP contribution in [0.15, 0.2) is 47.6 Å². The Balaban J connectivity index is 1.92. The summed E-state index contributed by atoms with van der Waals surface area (Å²) in [6, 6.07) is 10.1. The summed E-state index contributed by atoms with van der Waals surface area (Å²) in [6.45, 7) is 2.12. The monoisotopic (exact) mass is 244 g/mol. The first-order valence-corrected chi connectivity index (χ1v) is 6.62. The van der Waals surface area contributed by atoms with Crippen LogP contribution in [0.1, 0.15) is 11.1 Å². The zero-order chi connectivity index (χ0) is 12.1. The van der Waals surface area contributed by atoms with Gasteiger partial charge in [-0.25, -0.2) is 0 Å². The van der Waals surface area contributed by atoms with Crippen molar-refractivity contribution in [1.82, 2.24) is 4.98 Å². The Morgan fingerprint density at radius 2 is 2.18 bits per heavy atom. The molecule has 88 valence electrons. The highest BCUT2D eigenvalue weighted by atomic mass is 32.2. The van der Waals surface area contributed by atoms with Crippen LogP contribution in [0.4, 0.5) is 5.69 Å². The maximum atomic E-state index is 5.79. The van der Waals surface area contributed by atoms with E-state index < -0.39 is 0 Å². The van der Waals surface area contributed by atoms with Gasteiger partial charge in [0.1, 0.15) is 0 Å². The van der Waals surface area contributed by atoms with E-state index in [2.05, 4.69) is 24.0 Å². The minimum atomic E-state index is 0.833. The summed E-state index contributed by atoms with van der Waals surface area (Å²) in [6.07, 6.45) is 4.76. The summed E-state index contributed by atoms with van der Waals surface area (Å²) < 4.78 is 0. The van der Waals surface area contributed by atoms with E-state index in [4.69, 9.17) is 5.73 Å². The molecule has 0 aliphatic carbocycles. The van der Waals surface area contributed by atoms with E-state index >= 15 is 0 Å². The second-order valence-corrected chi connectivity index (χ2v) is 5.12. The fraction of sp³-hybridized carbons (Fsp3) is 0.214. The average Bonchev–Trinajstić information content (AvgIpc) is 2.35. The molecule has 17 heavy (non-hydrogen) atoms. The van der Waals surface area contributed by atoms with Crippen molar-refractivity contribution in [3.63, 3.8) is 0 Å². The molecule has 0 saturated heterocycles. The highest BCUT2D eigenvalue weighted by Gasteiger charge is 2.00. The van der Waals surface area contributed by atoms with Gasteiger partial charge < -0.3 is 5.73 Å². The Morgan fingerprint density at radius 3 is 2.94 bits per heavy atom. The predicted molar refractivity (Wildman–Crippen MR) is 74.3 cm³/mol. The fourth-order valence-corrected chi connectivity index (χ4v) is 2.67. The van der Waals surface area contributed by atoms with Crippen molar-refractivity contribution in [2.24, 2.45) is 0 Å². The number of nitrogen functional groups attached to an aromatic ring is 1. The molecule has 1 aromatic carbocycles. The Labute approximate surface area is 106 Å². The molecule has 0 saturated carbocycles. The third-order valence-electron chi connectivity index (χ3n) is 2.58. The third-order valence-corrected chi connectivity index (χ3v) is 3.74. The largest absolute Gasteiger partial charge is 0.399 e. The number of nitrogens with zero attached hydrogens (tertiary/aromatic N) is 1. The molecule has 0 atom stereocenters. The van der Waals surface area contributed by atoms with E-state index in [1.807, 2.05) is 36.2 Å². The first-order valence-electron chi connectivity index (χ1n) is 5.63. The van der Waals surface area contributed by atoms with Gasteiger partial charge in [-0.2, -0.15) is 0 Å². The van der Waals surface area contributed by atoms with Gasteiger partial charge in [-0.15, -0.1) is 11.8 Å². The number of aromatic nitrogens is 1. The minimum absolute atomic E-state index is 0.833. The van der Waals surface area contributed by atoms with Crippen molar-refractivity contribution in [1.29, 1.82) is 0 Å². The molecular formula is C14H16N2S. The van der Waals surface area contributed by atoms with Gasteiger partial charge in [-0.3, -0.25) is 4.98 Å². The predicted octanol–water partition coefficient (Wildman–Crippen LogP) is 3.31. The molecule has 1 heterocycles. The first kappa shape index (κ1) is 12.0. The minimum Gasteiger partial charge on any atom is -0.399 e. The SMILES string of the molecule is Cc1ccc(N)cc1SCCc1cccnc1. The van der Waals surface area contributed by atoms with Crippen molar-refractivity contribution < 1.29 is 0 Å². The summed E-state index contributed by atoms with van der Waals surface area (Å²) in [7, 11) is 0. The normalized spacial score (nSPS) is 10.4. The topological polar surface area (TPSA) is 38.9 Å². The maximum Gasteiger partial charge on any atom is 0.0325 e. The third kappa shape index (κ3) is 3.49.